The normalized spacial score (nSPS) is 15.8. The van der Waals surface area contributed by atoms with Crippen LogP contribution in [-0.4, -0.2) is 23.0 Å². The zero-order valence-corrected chi connectivity index (χ0v) is 11.4. The summed E-state index contributed by atoms with van der Waals surface area (Å²) >= 11 is 0. The minimum atomic E-state index is -0.297. The molecule has 0 saturated heterocycles. The molecule has 1 unspecified atom stereocenters. The molecule has 2 aromatic rings. The lowest BCUT2D eigenvalue weighted by Gasteiger charge is -2.14. The Morgan fingerprint density at radius 3 is 2.90 bits per heavy atom. The molecule has 0 spiro atoms. The van der Waals surface area contributed by atoms with Gasteiger partial charge in [-0.2, -0.15) is 0 Å². The fourth-order valence-corrected chi connectivity index (χ4v) is 2.07. The molecule has 0 aliphatic heterocycles. The van der Waals surface area contributed by atoms with Gasteiger partial charge in [-0.05, 0) is 50.1 Å². The highest BCUT2D eigenvalue weighted by Crippen LogP contribution is 2.20. The summed E-state index contributed by atoms with van der Waals surface area (Å²) in [6.45, 7) is 1.84. The summed E-state index contributed by atoms with van der Waals surface area (Å²) in [5, 5.41) is 7.09. The van der Waals surface area contributed by atoms with Crippen LogP contribution in [0.2, 0.25) is 0 Å². The van der Waals surface area contributed by atoms with Crippen molar-refractivity contribution in [2.24, 2.45) is 0 Å². The number of anilines is 2. The molecule has 5 heteroatoms. The Morgan fingerprint density at radius 1 is 1.35 bits per heavy atom. The Labute approximate surface area is 117 Å². The predicted octanol–water partition coefficient (Wildman–Crippen LogP) is 1.90. The van der Waals surface area contributed by atoms with Crippen molar-refractivity contribution in [3.8, 4) is 0 Å². The van der Waals surface area contributed by atoms with E-state index in [0.29, 0.717) is 11.9 Å². The second-order valence-electron chi connectivity index (χ2n) is 5.30. The van der Waals surface area contributed by atoms with Gasteiger partial charge in [-0.15, -0.1) is 0 Å². The van der Waals surface area contributed by atoms with Crippen LogP contribution in [0.1, 0.15) is 19.8 Å². The van der Waals surface area contributed by atoms with E-state index in [4.69, 9.17) is 5.73 Å². The van der Waals surface area contributed by atoms with Gasteiger partial charge < -0.3 is 16.4 Å². The maximum atomic E-state index is 11.9. The van der Waals surface area contributed by atoms with Crippen molar-refractivity contribution >= 4 is 28.3 Å². The molecular formula is C15H18N4O. The van der Waals surface area contributed by atoms with Crippen molar-refractivity contribution in [3.63, 3.8) is 0 Å². The van der Waals surface area contributed by atoms with E-state index in [1.165, 1.54) is 0 Å². The number of hydrogen-bond donors (Lipinski definition) is 3. The van der Waals surface area contributed by atoms with Gasteiger partial charge in [-0.3, -0.25) is 4.79 Å². The Kier molecular flexibility index (Phi) is 3.18. The van der Waals surface area contributed by atoms with E-state index in [2.05, 4.69) is 15.6 Å². The zero-order chi connectivity index (χ0) is 14.1. The van der Waals surface area contributed by atoms with Crippen LogP contribution < -0.4 is 16.4 Å². The quantitative estimate of drug-likeness (QED) is 0.741. The summed E-state index contributed by atoms with van der Waals surface area (Å²) in [6, 6.07) is 9.48. The third-order valence-electron chi connectivity index (χ3n) is 3.39. The van der Waals surface area contributed by atoms with Gasteiger partial charge in [0.1, 0.15) is 11.9 Å². The lowest BCUT2D eigenvalue weighted by molar-refractivity contribution is -0.121. The molecule has 20 heavy (non-hydrogen) atoms. The average Bonchev–Trinajstić information content (AvgIpc) is 3.22. The summed E-state index contributed by atoms with van der Waals surface area (Å²) in [7, 11) is 0. The molecule has 4 N–H and O–H groups in total. The molecule has 1 amide bonds. The lowest BCUT2D eigenvalue weighted by atomic mass is 10.2. The number of carbonyl (C=O) groups is 1. The number of hydrogen-bond acceptors (Lipinski definition) is 4. The van der Waals surface area contributed by atoms with Gasteiger partial charge in [0.25, 0.3) is 0 Å². The minimum absolute atomic E-state index is 0.0201. The van der Waals surface area contributed by atoms with Crippen molar-refractivity contribution in [1.29, 1.82) is 0 Å². The van der Waals surface area contributed by atoms with E-state index in [9.17, 15) is 4.79 Å². The summed E-state index contributed by atoms with van der Waals surface area (Å²) < 4.78 is 0. The van der Waals surface area contributed by atoms with Crippen molar-refractivity contribution in [2.75, 3.05) is 11.1 Å². The summed E-state index contributed by atoms with van der Waals surface area (Å²) in [5.41, 5.74) is 7.32. The monoisotopic (exact) mass is 270 g/mol. The first-order valence-corrected chi connectivity index (χ1v) is 6.85. The van der Waals surface area contributed by atoms with Crippen LogP contribution in [0.4, 0.5) is 11.5 Å². The van der Waals surface area contributed by atoms with Crippen LogP contribution in [0, 0.1) is 0 Å². The molecule has 1 aromatic heterocycles. The first-order chi connectivity index (χ1) is 9.61. The number of rotatable bonds is 4. The van der Waals surface area contributed by atoms with Crippen LogP contribution in [0.25, 0.3) is 10.9 Å². The Bertz CT molecular complexity index is 651. The summed E-state index contributed by atoms with van der Waals surface area (Å²) in [4.78, 5) is 16.4. The molecule has 1 aliphatic rings. The van der Waals surface area contributed by atoms with E-state index in [1.807, 2.05) is 37.3 Å². The van der Waals surface area contributed by atoms with E-state index < -0.39 is 0 Å². The second-order valence-corrected chi connectivity index (χ2v) is 5.30. The first-order valence-electron chi connectivity index (χ1n) is 6.85. The number of nitrogens with one attached hydrogen (secondary N) is 2. The molecule has 0 bridgehead atoms. The molecule has 3 rings (SSSR count). The maximum absolute atomic E-state index is 11.9. The van der Waals surface area contributed by atoms with Crippen molar-refractivity contribution < 1.29 is 4.79 Å². The third kappa shape index (κ3) is 2.82. The average molecular weight is 270 g/mol. The number of nitrogen functional groups attached to an aromatic ring is 1. The molecule has 1 aliphatic carbocycles. The van der Waals surface area contributed by atoms with Crippen LogP contribution in [0.3, 0.4) is 0 Å². The van der Waals surface area contributed by atoms with E-state index in [1.54, 1.807) is 0 Å². The standard InChI is InChI=1S/C15H18N4O/c1-9(15(20)18-12-4-5-12)17-14-7-2-10-8-11(16)3-6-13(10)19-14/h2-3,6-9,12H,4-5,16H2,1H3,(H,17,19)(H,18,20). The Hall–Kier alpha value is -2.30. The largest absolute Gasteiger partial charge is 0.399 e. The van der Waals surface area contributed by atoms with Gasteiger partial charge in [-0.1, -0.05) is 0 Å². The number of nitrogens with two attached hydrogens (primary N) is 1. The SMILES string of the molecule is CC(Nc1ccc2cc(N)ccc2n1)C(=O)NC1CC1. The smallest absolute Gasteiger partial charge is 0.242 e. The number of benzene rings is 1. The highest BCUT2D eigenvalue weighted by atomic mass is 16.2. The maximum Gasteiger partial charge on any atom is 0.242 e. The summed E-state index contributed by atoms with van der Waals surface area (Å²) in [5.74, 6) is 0.715. The van der Waals surface area contributed by atoms with E-state index in [0.717, 1.165) is 29.4 Å². The molecule has 5 nitrogen and oxygen atoms in total. The number of amides is 1. The van der Waals surface area contributed by atoms with Gasteiger partial charge in [0.15, 0.2) is 0 Å². The highest BCUT2D eigenvalue weighted by Gasteiger charge is 2.25. The molecule has 1 saturated carbocycles. The second kappa shape index (κ2) is 5.00. The van der Waals surface area contributed by atoms with Gasteiger partial charge in [0.05, 0.1) is 5.52 Å². The van der Waals surface area contributed by atoms with E-state index >= 15 is 0 Å². The number of pyridine rings is 1. The Morgan fingerprint density at radius 2 is 2.15 bits per heavy atom. The number of carbonyl (C=O) groups excluding carboxylic acids is 1. The fraction of sp³-hybridized carbons (Fsp3) is 0.333. The molecular weight excluding hydrogens is 252 g/mol. The minimum Gasteiger partial charge on any atom is -0.399 e. The number of aromatic nitrogens is 1. The van der Waals surface area contributed by atoms with Gasteiger partial charge in [-0.25, -0.2) is 4.98 Å². The first kappa shape index (κ1) is 12.7. The highest BCUT2D eigenvalue weighted by molar-refractivity contribution is 5.86. The number of fused-ring (bicyclic) bond motifs is 1. The van der Waals surface area contributed by atoms with Crippen molar-refractivity contribution in [2.45, 2.75) is 31.8 Å². The molecule has 1 aromatic carbocycles. The van der Waals surface area contributed by atoms with Crippen molar-refractivity contribution in [1.82, 2.24) is 10.3 Å². The lowest BCUT2D eigenvalue weighted by Crippen LogP contribution is -2.38. The third-order valence-corrected chi connectivity index (χ3v) is 3.39. The van der Waals surface area contributed by atoms with Gasteiger partial charge >= 0.3 is 0 Å². The predicted molar refractivity (Wildman–Crippen MR) is 80.4 cm³/mol. The Balaban J connectivity index is 1.73. The van der Waals surface area contributed by atoms with Gasteiger partial charge in [0, 0.05) is 17.1 Å². The molecule has 0 radical (unpaired) electrons. The van der Waals surface area contributed by atoms with Crippen LogP contribution in [-0.2, 0) is 4.79 Å². The van der Waals surface area contributed by atoms with Crippen LogP contribution >= 0.6 is 0 Å². The van der Waals surface area contributed by atoms with Crippen molar-refractivity contribution in [3.05, 3.63) is 30.3 Å². The molecule has 1 fully saturated rings. The molecule has 104 valence electrons. The van der Waals surface area contributed by atoms with Gasteiger partial charge in [0.2, 0.25) is 5.91 Å². The molecule has 1 heterocycles. The summed E-state index contributed by atoms with van der Waals surface area (Å²) in [6.07, 6.45) is 2.18. The zero-order valence-electron chi connectivity index (χ0n) is 11.4. The molecule has 1 atom stereocenters. The topological polar surface area (TPSA) is 80.0 Å². The fourth-order valence-electron chi connectivity index (χ4n) is 2.07. The number of nitrogens with zero attached hydrogens (tertiary/aromatic N) is 1. The van der Waals surface area contributed by atoms with E-state index in [-0.39, 0.29) is 11.9 Å². The van der Waals surface area contributed by atoms with Crippen LogP contribution in [0.5, 0.6) is 0 Å². The van der Waals surface area contributed by atoms with Crippen LogP contribution in [0.15, 0.2) is 30.3 Å².